The first-order valence-corrected chi connectivity index (χ1v) is 11.2. The van der Waals surface area contributed by atoms with E-state index in [0.717, 1.165) is 36.4 Å². The van der Waals surface area contributed by atoms with Gasteiger partial charge in [-0.25, -0.2) is 19.3 Å². The van der Waals surface area contributed by atoms with E-state index >= 15 is 0 Å². The predicted octanol–water partition coefficient (Wildman–Crippen LogP) is 4.72. The Kier molecular flexibility index (Phi) is 5.50. The number of imidazole rings is 1. The van der Waals surface area contributed by atoms with Crippen LogP contribution in [0.25, 0.3) is 28.1 Å². The number of nitrogens with zero attached hydrogens (tertiary/aromatic N) is 6. The average Bonchev–Trinajstić information content (AvgIpc) is 3.14. The van der Waals surface area contributed by atoms with Gasteiger partial charge in [0.15, 0.2) is 5.65 Å². The number of hydrogen-bond acceptors (Lipinski definition) is 5. The first kappa shape index (κ1) is 21.4. The summed E-state index contributed by atoms with van der Waals surface area (Å²) in [6, 6.07) is 8.11. The lowest BCUT2D eigenvalue weighted by Crippen LogP contribution is -2.23. The smallest absolute Gasteiger partial charge is 0.164 e. The standard InChI is InChI=1S/C26H27FN6/c1-16-11-20(19-7-9-32(4)10-8-19)5-6-21(16)15-33-25(22-12-23(27)14-28-13-22)31-24-17(2)29-18(3)30-26(24)33/h5-7,11-14H,8-10,15H2,1-4H3. The van der Waals surface area contributed by atoms with Crippen molar-refractivity contribution in [2.45, 2.75) is 33.7 Å². The maximum atomic E-state index is 14.0. The molecule has 0 aliphatic carbocycles. The van der Waals surface area contributed by atoms with Crippen molar-refractivity contribution in [3.8, 4) is 11.4 Å². The van der Waals surface area contributed by atoms with Gasteiger partial charge in [-0.15, -0.1) is 0 Å². The summed E-state index contributed by atoms with van der Waals surface area (Å²) >= 11 is 0. The zero-order valence-corrected chi connectivity index (χ0v) is 19.4. The first-order valence-electron chi connectivity index (χ1n) is 11.2. The van der Waals surface area contributed by atoms with Crippen LogP contribution in [-0.2, 0) is 6.54 Å². The molecule has 0 bridgehead atoms. The van der Waals surface area contributed by atoms with Crippen LogP contribution in [0.15, 0.2) is 42.7 Å². The minimum atomic E-state index is -0.392. The molecule has 1 aliphatic heterocycles. The highest BCUT2D eigenvalue weighted by Gasteiger charge is 2.19. The van der Waals surface area contributed by atoms with Crippen molar-refractivity contribution in [2.75, 3.05) is 20.1 Å². The lowest BCUT2D eigenvalue weighted by molar-refractivity contribution is 0.370. The Labute approximate surface area is 192 Å². The predicted molar refractivity (Wildman–Crippen MR) is 128 cm³/mol. The highest BCUT2D eigenvalue weighted by atomic mass is 19.1. The Balaban J connectivity index is 1.59. The Bertz CT molecular complexity index is 1390. The second kappa shape index (κ2) is 8.48. The van der Waals surface area contributed by atoms with E-state index < -0.39 is 5.82 Å². The van der Waals surface area contributed by atoms with Crippen LogP contribution in [0, 0.1) is 26.6 Å². The number of benzene rings is 1. The van der Waals surface area contributed by atoms with Gasteiger partial charge >= 0.3 is 0 Å². The Morgan fingerprint density at radius 2 is 1.85 bits per heavy atom. The van der Waals surface area contributed by atoms with E-state index in [-0.39, 0.29) is 0 Å². The molecule has 0 fully saturated rings. The third-order valence-electron chi connectivity index (χ3n) is 6.30. The summed E-state index contributed by atoms with van der Waals surface area (Å²) in [5.41, 5.74) is 7.97. The fourth-order valence-corrected chi connectivity index (χ4v) is 4.45. The molecule has 1 aliphatic rings. The molecule has 4 aromatic rings. The number of aromatic nitrogens is 5. The zero-order chi connectivity index (χ0) is 23.1. The normalized spacial score (nSPS) is 14.6. The molecule has 0 N–H and O–H groups in total. The van der Waals surface area contributed by atoms with Crippen molar-refractivity contribution in [1.82, 2.24) is 29.4 Å². The molecule has 0 amide bonds. The topological polar surface area (TPSA) is 59.7 Å². The summed E-state index contributed by atoms with van der Waals surface area (Å²) in [7, 11) is 2.15. The van der Waals surface area contributed by atoms with Crippen molar-refractivity contribution in [1.29, 1.82) is 0 Å². The molecule has 5 rings (SSSR count). The van der Waals surface area contributed by atoms with E-state index in [1.807, 2.05) is 18.4 Å². The van der Waals surface area contributed by atoms with Crippen LogP contribution >= 0.6 is 0 Å². The minimum Gasteiger partial charge on any atom is -0.304 e. The monoisotopic (exact) mass is 442 g/mol. The van der Waals surface area contributed by atoms with E-state index in [4.69, 9.17) is 9.97 Å². The Hall–Kier alpha value is -3.45. The molecular weight excluding hydrogens is 415 g/mol. The fourth-order valence-electron chi connectivity index (χ4n) is 4.45. The number of pyridine rings is 1. The van der Waals surface area contributed by atoms with Gasteiger partial charge < -0.3 is 9.47 Å². The fraction of sp³-hybridized carbons (Fsp3) is 0.308. The summed E-state index contributed by atoms with van der Waals surface area (Å²) in [4.78, 5) is 20.3. The molecule has 168 valence electrons. The Morgan fingerprint density at radius 1 is 1.00 bits per heavy atom. The minimum absolute atomic E-state index is 0.392. The van der Waals surface area contributed by atoms with Crippen LogP contribution in [0.2, 0.25) is 0 Å². The third-order valence-corrected chi connectivity index (χ3v) is 6.30. The van der Waals surface area contributed by atoms with Gasteiger partial charge in [0.05, 0.1) is 18.4 Å². The quantitative estimate of drug-likeness (QED) is 0.458. The van der Waals surface area contributed by atoms with Gasteiger partial charge in [0.25, 0.3) is 0 Å². The van der Waals surface area contributed by atoms with Crippen molar-refractivity contribution >= 4 is 16.7 Å². The van der Waals surface area contributed by atoms with Gasteiger partial charge in [-0.2, -0.15) is 0 Å². The molecule has 4 heterocycles. The van der Waals surface area contributed by atoms with Gasteiger partial charge in [0.2, 0.25) is 0 Å². The average molecular weight is 443 g/mol. The SMILES string of the molecule is Cc1nc(C)c2nc(-c3cncc(F)c3)n(Cc3ccc(C4=CCN(C)CC4)cc3C)c2n1. The lowest BCUT2D eigenvalue weighted by atomic mass is 9.96. The molecule has 0 unspecified atom stereocenters. The molecule has 0 saturated heterocycles. The number of aryl methyl sites for hydroxylation is 3. The number of likely N-dealkylation sites (N-methyl/N-ethyl adjacent to an activating group) is 1. The van der Waals surface area contributed by atoms with Gasteiger partial charge in [0, 0.05) is 24.8 Å². The van der Waals surface area contributed by atoms with Gasteiger partial charge in [-0.05, 0) is 62.6 Å². The van der Waals surface area contributed by atoms with E-state index in [0.29, 0.717) is 23.8 Å². The van der Waals surface area contributed by atoms with E-state index in [2.05, 4.69) is 53.1 Å². The second-order valence-corrected chi connectivity index (χ2v) is 8.82. The highest BCUT2D eigenvalue weighted by Crippen LogP contribution is 2.29. The number of fused-ring (bicyclic) bond motifs is 1. The van der Waals surface area contributed by atoms with Crippen LogP contribution in [0.1, 0.15) is 34.6 Å². The summed E-state index contributed by atoms with van der Waals surface area (Å²) in [6.07, 6.45) is 6.22. The maximum absolute atomic E-state index is 14.0. The number of rotatable bonds is 4. The van der Waals surface area contributed by atoms with Crippen LogP contribution in [0.5, 0.6) is 0 Å². The lowest BCUT2D eigenvalue weighted by Gasteiger charge is -2.22. The van der Waals surface area contributed by atoms with Crippen molar-refractivity contribution in [2.24, 2.45) is 0 Å². The first-order chi connectivity index (χ1) is 15.9. The van der Waals surface area contributed by atoms with Gasteiger partial charge in [-0.3, -0.25) is 4.98 Å². The van der Waals surface area contributed by atoms with E-state index in [9.17, 15) is 4.39 Å². The molecule has 33 heavy (non-hydrogen) atoms. The second-order valence-electron chi connectivity index (χ2n) is 8.82. The van der Waals surface area contributed by atoms with Crippen molar-refractivity contribution < 1.29 is 4.39 Å². The van der Waals surface area contributed by atoms with Gasteiger partial charge in [0.1, 0.15) is 23.0 Å². The molecule has 7 heteroatoms. The molecule has 0 spiro atoms. The largest absolute Gasteiger partial charge is 0.304 e. The zero-order valence-electron chi connectivity index (χ0n) is 19.4. The Morgan fingerprint density at radius 3 is 2.58 bits per heavy atom. The van der Waals surface area contributed by atoms with Crippen molar-refractivity contribution in [3.05, 3.63) is 76.8 Å². The molecular formula is C26H27FN6. The summed E-state index contributed by atoms with van der Waals surface area (Å²) in [6.45, 7) is 8.59. The molecule has 0 saturated carbocycles. The highest BCUT2D eigenvalue weighted by molar-refractivity contribution is 5.79. The van der Waals surface area contributed by atoms with Crippen LogP contribution in [-0.4, -0.2) is 49.5 Å². The summed E-state index contributed by atoms with van der Waals surface area (Å²) in [5.74, 6) is 0.935. The molecule has 1 aromatic carbocycles. The molecule has 0 atom stereocenters. The molecule has 6 nitrogen and oxygen atoms in total. The maximum Gasteiger partial charge on any atom is 0.164 e. The van der Waals surface area contributed by atoms with Crippen LogP contribution < -0.4 is 0 Å². The van der Waals surface area contributed by atoms with Crippen LogP contribution in [0.4, 0.5) is 4.39 Å². The summed E-state index contributed by atoms with van der Waals surface area (Å²) < 4.78 is 16.0. The van der Waals surface area contributed by atoms with E-state index in [1.165, 1.54) is 34.5 Å². The van der Waals surface area contributed by atoms with Crippen molar-refractivity contribution in [3.63, 3.8) is 0 Å². The van der Waals surface area contributed by atoms with Gasteiger partial charge in [-0.1, -0.05) is 24.3 Å². The van der Waals surface area contributed by atoms with Crippen LogP contribution in [0.3, 0.4) is 0 Å². The number of halogens is 1. The number of hydrogen-bond donors (Lipinski definition) is 0. The van der Waals surface area contributed by atoms with E-state index in [1.54, 1.807) is 6.20 Å². The summed E-state index contributed by atoms with van der Waals surface area (Å²) in [5, 5.41) is 0. The third kappa shape index (κ3) is 4.16. The molecule has 0 radical (unpaired) electrons. The molecule has 3 aromatic heterocycles.